The van der Waals surface area contributed by atoms with Gasteiger partial charge in [0.1, 0.15) is 0 Å². The lowest BCUT2D eigenvalue weighted by Gasteiger charge is -2.02. The van der Waals surface area contributed by atoms with E-state index < -0.39 is 0 Å². The van der Waals surface area contributed by atoms with Gasteiger partial charge in [0.25, 0.3) is 0 Å². The van der Waals surface area contributed by atoms with Crippen molar-refractivity contribution in [2.24, 2.45) is 5.73 Å². The van der Waals surface area contributed by atoms with Gasteiger partial charge in [-0.05, 0) is 42.6 Å². The van der Waals surface area contributed by atoms with Gasteiger partial charge in [0.15, 0.2) is 0 Å². The molecule has 0 bridgehead atoms. The summed E-state index contributed by atoms with van der Waals surface area (Å²) in [7, 11) is 0. The minimum atomic E-state index is 0.715. The van der Waals surface area contributed by atoms with Gasteiger partial charge >= 0.3 is 0 Å². The Hall–Kier alpha value is -2.00. The SMILES string of the molecule is NCCc1ccn(CCc2c[nH]c3ccccc23)c1. The number of nitrogens with one attached hydrogen (secondary N) is 1. The summed E-state index contributed by atoms with van der Waals surface area (Å²) in [5, 5.41) is 1.33. The zero-order chi connectivity index (χ0) is 13.1. The molecule has 0 fully saturated rings. The van der Waals surface area contributed by atoms with Crippen LogP contribution >= 0.6 is 0 Å². The van der Waals surface area contributed by atoms with Crippen molar-refractivity contribution < 1.29 is 0 Å². The van der Waals surface area contributed by atoms with Crippen LogP contribution in [0.1, 0.15) is 11.1 Å². The highest BCUT2D eigenvalue weighted by Crippen LogP contribution is 2.18. The number of nitrogens with zero attached hydrogens (tertiary/aromatic N) is 1. The Morgan fingerprint density at radius 1 is 1.11 bits per heavy atom. The number of hydrogen-bond acceptors (Lipinski definition) is 1. The molecule has 3 aromatic rings. The molecule has 0 aliphatic heterocycles. The number of aryl methyl sites for hydroxylation is 2. The van der Waals surface area contributed by atoms with Crippen molar-refractivity contribution in [3.8, 4) is 0 Å². The molecule has 0 radical (unpaired) electrons. The molecule has 3 nitrogen and oxygen atoms in total. The van der Waals surface area contributed by atoms with Crippen LogP contribution in [0, 0.1) is 0 Å². The third kappa shape index (κ3) is 2.56. The van der Waals surface area contributed by atoms with Crippen molar-refractivity contribution in [2.45, 2.75) is 19.4 Å². The number of nitrogens with two attached hydrogens (primary N) is 1. The van der Waals surface area contributed by atoms with Crippen molar-refractivity contribution >= 4 is 10.9 Å². The fourth-order valence-corrected chi connectivity index (χ4v) is 2.53. The number of aromatic amines is 1. The fraction of sp³-hybridized carbons (Fsp3) is 0.250. The normalized spacial score (nSPS) is 11.2. The standard InChI is InChI=1S/C16H19N3/c17-8-5-13-6-9-19(12-13)10-7-14-11-18-16-4-2-1-3-15(14)16/h1-4,6,9,11-12,18H,5,7-8,10,17H2. The molecule has 0 unspecified atom stereocenters. The molecule has 19 heavy (non-hydrogen) atoms. The van der Waals surface area contributed by atoms with Gasteiger partial charge in [0, 0.05) is 36.0 Å². The van der Waals surface area contributed by atoms with E-state index in [0.29, 0.717) is 6.54 Å². The van der Waals surface area contributed by atoms with Gasteiger partial charge < -0.3 is 15.3 Å². The Kier molecular flexibility index (Phi) is 3.38. The maximum atomic E-state index is 5.57. The summed E-state index contributed by atoms with van der Waals surface area (Å²) in [6, 6.07) is 10.6. The monoisotopic (exact) mass is 253 g/mol. The lowest BCUT2D eigenvalue weighted by molar-refractivity contribution is 0.701. The van der Waals surface area contributed by atoms with E-state index in [4.69, 9.17) is 5.73 Å². The predicted octanol–water partition coefficient (Wildman–Crippen LogP) is 2.71. The molecule has 98 valence electrons. The summed E-state index contributed by atoms with van der Waals surface area (Å²) < 4.78 is 2.24. The maximum Gasteiger partial charge on any atom is 0.0456 e. The number of hydrogen-bond donors (Lipinski definition) is 2. The first-order valence-electron chi connectivity index (χ1n) is 6.76. The highest BCUT2D eigenvalue weighted by molar-refractivity contribution is 5.82. The van der Waals surface area contributed by atoms with Crippen molar-refractivity contribution in [3.63, 3.8) is 0 Å². The third-order valence-electron chi connectivity index (χ3n) is 3.56. The first-order chi connectivity index (χ1) is 9.36. The van der Waals surface area contributed by atoms with Crippen LogP contribution in [0.25, 0.3) is 10.9 Å². The molecular formula is C16H19N3. The Balaban J connectivity index is 1.71. The van der Waals surface area contributed by atoms with Crippen molar-refractivity contribution in [3.05, 3.63) is 60.0 Å². The van der Waals surface area contributed by atoms with Crippen LogP contribution in [0.3, 0.4) is 0 Å². The van der Waals surface area contributed by atoms with Crippen LogP contribution in [0.2, 0.25) is 0 Å². The molecule has 3 N–H and O–H groups in total. The van der Waals surface area contributed by atoms with Gasteiger partial charge in [0.05, 0.1) is 0 Å². The van der Waals surface area contributed by atoms with Crippen LogP contribution in [0.5, 0.6) is 0 Å². The third-order valence-corrected chi connectivity index (χ3v) is 3.56. The zero-order valence-electron chi connectivity index (χ0n) is 11.0. The minimum Gasteiger partial charge on any atom is -0.361 e. The first-order valence-corrected chi connectivity index (χ1v) is 6.76. The topological polar surface area (TPSA) is 46.7 Å². The van der Waals surface area contributed by atoms with E-state index in [1.807, 2.05) is 0 Å². The average molecular weight is 253 g/mol. The van der Waals surface area contributed by atoms with Crippen molar-refractivity contribution in [2.75, 3.05) is 6.54 Å². The van der Waals surface area contributed by atoms with Gasteiger partial charge in [-0.1, -0.05) is 18.2 Å². The van der Waals surface area contributed by atoms with E-state index in [1.54, 1.807) is 0 Å². The molecule has 0 aliphatic carbocycles. The molecule has 2 aromatic heterocycles. The second-order valence-corrected chi connectivity index (χ2v) is 4.91. The zero-order valence-corrected chi connectivity index (χ0v) is 11.0. The molecule has 3 heteroatoms. The number of para-hydroxylation sites is 1. The number of benzene rings is 1. The van der Waals surface area contributed by atoms with Gasteiger partial charge in [-0.3, -0.25) is 0 Å². The molecule has 3 rings (SSSR count). The Morgan fingerprint density at radius 3 is 2.89 bits per heavy atom. The van der Waals surface area contributed by atoms with Crippen LogP contribution in [0.4, 0.5) is 0 Å². The van der Waals surface area contributed by atoms with Crippen LogP contribution in [-0.2, 0) is 19.4 Å². The predicted molar refractivity (Wildman–Crippen MR) is 79.2 cm³/mol. The molecule has 0 saturated carbocycles. The molecule has 0 spiro atoms. The van der Waals surface area contributed by atoms with E-state index in [0.717, 1.165) is 19.4 Å². The first kappa shape index (κ1) is 12.1. The maximum absolute atomic E-state index is 5.57. The van der Waals surface area contributed by atoms with E-state index in [2.05, 4.69) is 58.5 Å². The minimum absolute atomic E-state index is 0.715. The fourth-order valence-electron chi connectivity index (χ4n) is 2.53. The summed E-state index contributed by atoms with van der Waals surface area (Å²) in [6.45, 7) is 1.72. The summed E-state index contributed by atoms with van der Waals surface area (Å²) in [4.78, 5) is 3.32. The Bertz CT molecular complexity index is 663. The Morgan fingerprint density at radius 2 is 2.00 bits per heavy atom. The summed E-state index contributed by atoms with van der Waals surface area (Å²) in [5.41, 5.74) is 9.49. The van der Waals surface area contributed by atoms with Gasteiger partial charge in [0.2, 0.25) is 0 Å². The van der Waals surface area contributed by atoms with E-state index in [1.165, 1.54) is 22.0 Å². The average Bonchev–Trinajstić information content (AvgIpc) is 3.04. The number of rotatable bonds is 5. The lowest BCUT2D eigenvalue weighted by Crippen LogP contribution is -2.02. The second-order valence-electron chi connectivity index (χ2n) is 4.91. The van der Waals surface area contributed by atoms with E-state index in [9.17, 15) is 0 Å². The summed E-state index contributed by atoms with van der Waals surface area (Å²) in [6.07, 6.45) is 8.46. The van der Waals surface area contributed by atoms with Crippen LogP contribution in [0.15, 0.2) is 48.9 Å². The number of H-pyrrole nitrogens is 1. The molecule has 1 aromatic carbocycles. The van der Waals surface area contributed by atoms with Gasteiger partial charge in [-0.15, -0.1) is 0 Å². The van der Waals surface area contributed by atoms with Gasteiger partial charge in [-0.2, -0.15) is 0 Å². The van der Waals surface area contributed by atoms with Gasteiger partial charge in [-0.25, -0.2) is 0 Å². The number of aromatic nitrogens is 2. The molecule has 0 aliphatic rings. The van der Waals surface area contributed by atoms with Crippen molar-refractivity contribution in [1.29, 1.82) is 0 Å². The highest BCUT2D eigenvalue weighted by Gasteiger charge is 2.03. The summed E-state index contributed by atoms with van der Waals surface area (Å²) >= 11 is 0. The number of fused-ring (bicyclic) bond motifs is 1. The molecule has 0 amide bonds. The van der Waals surface area contributed by atoms with E-state index in [-0.39, 0.29) is 0 Å². The Labute approximate surface area is 113 Å². The lowest BCUT2D eigenvalue weighted by atomic mass is 10.1. The molecule has 0 atom stereocenters. The quantitative estimate of drug-likeness (QED) is 0.721. The molecule has 0 saturated heterocycles. The second kappa shape index (κ2) is 5.33. The summed E-state index contributed by atoms with van der Waals surface area (Å²) in [5.74, 6) is 0. The van der Waals surface area contributed by atoms with Crippen LogP contribution in [-0.4, -0.2) is 16.1 Å². The van der Waals surface area contributed by atoms with Crippen molar-refractivity contribution in [1.82, 2.24) is 9.55 Å². The van der Waals surface area contributed by atoms with Crippen LogP contribution < -0.4 is 5.73 Å². The molecule has 2 heterocycles. The van der Waals surface area contributed by atoms with E-state index >= 15 is 0 Å². The largest absolute Gasteiger partial charge is 0.361 e. The molecular weight excluding hydrogens is 234 g/mol. The smallest absolute Gasteiger partial charge is 0.0456 e. The highest BCUT2D eigenvalue weighted by atomic mass is 14.9.